The molecule has 1 atom stereocenters. The van der Waals surface area contributed by atoms with Gasteiger partial charge in [0.2, 0.25) is 0 Å². The Bertz CT molecular complexity index is 431. The van der Waals surface area contributed by atoms with Crippen molar-refractivity contribution < 1.29 is 9.15 Å². The number of aliphatic imine (C=N–C) groups is 1. The van der Waals surface area contributed by atoms with E-state index in [2.05, 4.69) is 21.9 Å². The molecule has 2 heterocycles. The lowest BCUT2D eigenvalue weighted by Crippen LogP contribution is -2.39. The van der Waals surface area contributed by atoms with E-state index in [9.17, 15) is 0 Å². The van der Waals surface area contributed by atoms with E-state index < -0.39 is 0 Å². The third-order valence-corrected chi connectivity index (χ3v) is 4.45. The number of hydrogen-bond donors (Lipinski definition) is 2. The van der Waals surface area contributed by atoms with Gasteiger partial charge in [-0.05, 0) is 44.1 Å². The molecule has 0 spiro atoms. The van der Waals surface area contributed by atoms with Crippen molar-refractivity contribution in [2.75, 3.05) is 38.2 Å². The first-order valence-electron chi connectivity index (χ1n) is 8.53. The van der Waals surface area contributed by atoms with Crippen LogP contribution in [-0.4, -0.2) is 50.3 Å². The number of thioether (sulfide) groups is 1. The van der Waals surface area contributed by atoms with Gasteiger partial charge in [0.15, 0.2) is 5.96 Å². The van der Waals surface area contributed by atoms with Gasteiger partial charge in [-0.15, -0.1) is 0 Å². The number of guanidine groups is 1. The molecule has 1 saturated heterocycles. The summed E-state index contributed by atoms with van der Waals surface area (Å²) < 4.78 is 11.1. The molecule has 0 amide bonds. The van der Waals surface area contributed by atoms with Gasteiger partial charge in [-0.25, -0.2) is 0 Å². The molecule has 1 aliphatic rings. The van der Waals surface area contributed by atoms with Crippen molar-refractivity contribution in [2.45, 2.75) is 38.2 Å². The van der Waals surface area contributed by atoms with Crippen LogP contribution >= 0.6 is 11.8 Å². The monoisotopic (exact) mass is 339 g/mol. The summed E-state index contributed by atoms with van der Waals surface area (Å²) in [5, 5.41) is 6.77. The van der Waals surface area contributed by atoms with E-state index in [-0.39, 0.29) is 0 Å². The summed E-state index contributed by atoms with van der Waals surface area (Å²) in [4.78, 5) is 4.68. The minimum atomic E-state index is 0.392. The highest BCUT2D eigenvalue weighted by atomic mass is 32.2. The molecule has 0 radical (unpaired) electrons. The van der Waals surface area contributed by atoms with Gasteiger partial charge < -0.3 is 19.8 Å². The van der Waals surface area contributed by atoms with Crippen molar-refractivity contribution in [1.82, 2.24) is 10.6 Å². The quantitative estimate of drug-likeness (QED) is 0.411. The van der Waals surface area contributed by atoms with Crippen molar-refractivity contribution in [3.63, 3.8) is 0 Å². The molecule has 130 valence electrons. The van der Waals surface area contributed by atoms with E-state index in [1.54, 1.807) is 6.26 Å². The summed E-state index contributed by atoms with van der Waals surface area (Å²) >= 11 is 1.83. The Kier molecular flexibility index (Phi) is 9.03. The Morgan fingerprint density at radius 3 is 3.00 bits per heavy atom. The van der Waals surface area contributed by atoms with Crippen molar-refractivity contribution in [3.05, 3.63) is 24.2 Å². The second-order valence-corrected chi connectivity index (χ2v) is 6.67. The van der Waals surface area contributed by atoms with Crippen LogP contribution in [0.15, 0.2) is 27.8 Å². The molecule has 2 N–H and O–H groups in total. The first kappa shape index (κ1) is 18.2. The first-order valence-corrected chi connectivity index (χ1v) is 9.93. The molecule has 1 aromatic rings. The third kappa shape index (κ3) is 7.79. The molecule has 1 aromatic heterocycles. The molecule has 0 saturated carbocycles. The number of furan rings is 1. The highest BCUT2D eigenvalue weighted by Gasteiger charge is 2.13. The molecule has 0 bridgehead atoms. The van der Waals surface area contributed by atoms with Gasteiger partial charge in [-0.3, -0.25) is 4.99 Å². The summed E-state index contributed by atoms with van der Waals surface area (Å²) in [6, 6.07) is 3.92. The Labute approximate surface area is 143 Å². The van der Waals surface area contributed by atoms with Crippen LogP contribution in [0.25, 0.3) is 0 Å². The Morgan fingerprint density at radius 1 is 1.35 bits per heavy atom. The molecule has 5 nitrogen and oxygen atoms in total. The number of nitrogens with one attached hydrogen (secondary N) is 2. The second kappa shape index (κ2) is 11.4. The van der Waals surface area contributed by atoms with E-state index in [1.807, 2.05) is 23.9 Å². The smallest absolute Gasteiger partial charge is 0.191 e. The van der Waals surface area contributed by atoms with Gasteiger partial charge in [0.1, 0.15) is 5.76 Å². The molecule has 23 heavy (non-hydrogen) atoms. The van der Waals surface area contributed by atoms with Crippen LogP contribution in [-0.2, 0) is 11.2 Å². The van der Waals surface area contributed by atoms with Crippen LogP contribution in [0.1, 0.15) is 31.4 Å². The molecule has 1 unspecified atom stereocenters. The lowest BCUT2D eigenvalue weighted by Gasteiger charge is -2.21. The zero-order valence-corrected chi connectivity index (χ0v) is 14.9. The fourth-order valence-electron chi connectivity index (χ4n) is 2.56. The maximum absolute atomic E-state index is 5.76. The molecule has 1 fully saturated rings. The van der Waals surface area contributed by atoms with Gasteiger partial charge >= 0.3 is 0 Å². The Balaban J connectivity index is 1.71. The average Bonchev–Trinajstić information content (AvgIpc) is 3.09. The fraction of sp³-hybridized carbons (Fsp3) is 0.706. The van der Waals surface area contributed by atoms with Gasteiger partial charge in [0, 0.05) is 38.4 Å². The van der Waals surface area contributed by atoms with Gasteiger partial charge in [0.05, 0.1) is 12.4 Å². The summed E-state index contributed by atoms with van der Waals surface area (Å²) in [7, 11) is 0. The van der Waals surface area contributed by atoms with E-state index in [4.69, 9.17) is 9.15 Å². The minimum absolute atomic E-state index is 0.392. The van der Waals surface area contributed by atoms with Gasteiger partial charge in [0.25, 0.3) is 0 Å². The predicted octanol–water partition coefficient (Wildman–Crippen LogP) is 2.68. The predicted molar refractivity (Wildman–Crippen MR) is 97.3 cm³/mol. The molecular weight excluding hydrogens is 310 g/mol. The molecule has 0 aromatic carbocycles. The first-order chi connectivity index (χ1) is 11.4. The van der Waals surface area contributed by atoms with Crippen molar-refractivity contribution in [1.29, 1.82) is 0 Å². The van der Waals surface area contributed by atoms with E-state index in [1.165, 1.54) is 19.3 Å². The highest BCUT2D eigenvalue weighted by molar-refractivity contribution is 7.98. The number of nitrogens with zero attached hydrogens (tertiary/aromatic N) is 1. The fourth-order valence-corrected chi connectivity index (χ4v) is 2.87. The second-order valence-electron chi connectivity index (χ2n) is 5.68. The number of ether oxygens (including phenoxy) is 1. The van der Waals surface area contributed by atoms with Crippen LogP contribution < -0.4 is 10.6 Å². The summed E-state index contributed by atoms with van der Waals surface area (Å²) in [5.74, 6) is 2.96. The van der Waals surface area contributed by atoms with E-state index in [0.29, 0.717) is 6.10 Å². The lowest BCUT2D eigenvalue weighted by atomic mass is 10.1. The highest BCUT2D eigenvalue weighted by Crippen LogP contribution is 2.15. The SMILES string of the molecule is CSCCNC(=NCCC1CCCCO1)NCCc1ccco1. The Morgan fingerprint density at radius 2 is 2.26 bits per heavy atom. The number of hydrogen-bond acceptors (Lipinski definition) is 4. The van der Waals surface area contributed by atoms with Crippen LogP contribution in [0.3, 0.4) is 0 Å². The third-order valence-electron chi connectivity index (χ3n) is 3.84. The Hall–Kier alpha value is -1.14. The van der Waals surface area contributed by atoms with Crippen LogP contribution in [0, 0.1) is 0 Å². The average molecular weight is 340 g/mol. The van der Waals surface area contributed by atoms with Gasteiger partial charge in [-0.1, -0.05) is 0 Å². The molecule has 2 rings (SSSR count). The molecule has 0 aliphatic carbocycles. The maximum atomic E-state index is 5.76. The summed E-state index contributed by atoms with van der Waals surface area (Å²) in [5.41, 5.74) is 0. The number of rotatable bonds is 9. The van der Waals surface area contributed by atoms with Crippen molar-refractivity contribution in [3.8, 4) is 0 Å². The zero-order valence-electron chi connectivity index (χ0n) is 14.1. The van der Waals surface area contributed by atoms with E-state index in [0.717, 1.165) is 56.6 Å². The molecule has 1 aliphatic heterocycles. The van der Waals surface area contributed by atoms with Crippen LogP contribution in [0.2, 0.25) is 0 Å². The summed E-state index contributed by atoms with van der Waals surface area (Å²) in [6.45, 7) is 3.46. The largest absolute Gasteiger partial charge is 0.469 e. The molecule has 6 heteroatoms. The van der Waals surface area contributed by atoms with Gasteiger partial charge in [-0.2, -0.15) is 11.8 Å². The normalized spacial score (nSPS) is 18.8. The zero-order chi connectivity index (χ0) is 16.2. The van der Waals surface area contributed by atoms with E-state index >= 15 is 0 Å². The maximum Gasteiger partial charge on any atom is 0.191 e. The van der Waals surface area contributed by atoms with Crippen LogP contribution in [0.5, 0.6) is 0 Å². The van der Waals surface area contributed by atoms with Crippen molar-refractivity contribution >= 4 is 17.7 Å². The summed E-state index contributed by atoms with van der Waals surface area (Å²) in [6.07, 6.45) is 9.76. The minimum Gasteiger partial charge on any atom is -0.469 e. The molecular formula is C17H29N3O2S. The van der Waals surface area contributed by atoms with Crippen molar-refractivity contribution in [2.24, 2.45) is 4.99 Å². The lowest BCUT2D eigenvalue weighted by molar-refractivity contribution is 0.0129. The van der Waals surface area contributed by atoms with Crippen LogP contribution in [0.4, 0.5) is 0 Å². The topological polar surface area (TPSA) is 58.8 Å². The standard InChI is InChI=1S/C17H29N3O2S/c1-23-14-11-20-17(19-10-8-16-6-4-13-22-16)18-9-7-15-5-2-3-12-21-15/h4,6,13,15H,2-3,5,7-12,14H2,1H3,(H2,18,19,20).